The zero-order valence-corrected chi connectivity index (χ0v) is 20.6. The highest BCUT2D eigenvalue weighted by Gasteiger charge is 2.53. The Morgan fingerprint density at radius 2 is 1.97 bits per heavy atom. The Hall–Kier alpha value is -1.82. The SMILES string of the molecule is CC(C(=O)NCc1ccco1)C1CCC2(C)CCC(NC(=O)CC(C)(C)C)C(C)C2C1O. The lowest BCUT2D eigenvalue weighted by atomic mass is 9.51. The molecule has 2 saturated carbocycles. The van der Waals surface area contributed by atoms with E-state index in [9.17, 15) is 14.7 Å². The molecular formula is C26H42N2O4. The van der Waals surface area contributed by atoms with E-state index in [1.165, 1.54) is 0 Å². The smallest absolute Gasteiger partial charge is 0.223 e. The van der Waals surface area contributed by atoms with Gasteiger partial charge in [-0.1, -0.05) is 41.5 Å². The van der Waals surface area contributed by atoms with Gasteiger partial charge < -0.3 is 20.2 Å². The monoisotopic (exact) mass is 446 g/mol. The van der Waals surface area contributed by atoms with Crippen molar-refractivity contribution in [1.82, 2.24) is 10.6 Å². The maximum absolute atomic E-state index is 12.8. The van der Waals surface area contributed by atoms with Gasteiger partial charge in [-0.05, 0) is 66.4 Å². The summed E-state index contributed by atoms with van der Waals surface area (Å²) >= 11 is 0. The maximum atomic E-state index is 12.8. The van der Waals surface area contributed by atoms with Crippen LogP contribution < -0.4 is 10.6 Å². The average molecular weight is 447 g/mol. The van der Waals surface area contributed by atoms with Crippen molar-refractivity contribution in [3.05, 3.63) is 24.2 Å². The van der Waals surface area contributed by atoms with Gasteiger partial charge in [-0.3, -0.25) is 9.59 Å². The van der Waals surface area contributed by atoms with Crippen molar-refractivity contribution in [3.63, 3.8) is 0 Å². The first-order valence-corrected chi connectivity index (χ1v) is 12.2. The van der Waals surface area contributed by atoms with Crippen LogP contribution in [0.1, 0.15) is 79.4 Å². The lowest BCUT2D eigenvalue weighted by molar-refractivity contribution is -0.144. The fourth-order valence-corrected chi connectivity index (χ4v) is 6.18. The lowest BCUT2D eigenvalue weighted by Crippen LogP contribution is -2.58. The van der Waals surface area contributed by atoms with Gasteiger partial charge in [0, 0.05) is 18.4 Å². The number of amides is 2. The highest BCUT2D eigenvalue weighted by molar-refractivity contribution is 5.78. The van der Waals surface area contributed by atoms with Crippen LogP contribution >= 0.6 is 0 Å². The summed E-state index contributed by atoms with van der Waals surface area (Å²) in [6.07, 6.45) is 5.31. The molecule has 0 bridgehead atoms. The summed E-state index contributed by atoms with van der Waals surface area (Å²) in [5.41, 5.74) is -0.00462. The topological polar surface area (TPSA) is 91.6 Å². The first-order chi connectivity index (χ1) is 14.9. The first kappa shape index (κ1) is 24.8. The normalized spacial score (nSPS) is 33.8. The van der Waals surface area contributed by atoms with E-state index in [0.717, 1.165) is 31.4 Å². The molecule has 1 heterocycles. The molecule has 2 amide bonds. The quantitative estimate of drug-likeness (QED) is 0.608. The highest BCUT2D eigenvalue weighted by Crippen LogP contribution is 2.55. The van der Waals surface area contributed by atoms with E-state index in [-0.39, 0.29) is 52.4 Å². The fourth-order valence-electron chi connectivity index (χ4n) is 6.18. The molecule has 0 spiro atoms. The van der Waals surface area contributed by atoms with Gasteiger partial charge in [-0.2, -0.15) is 0 Å². The van der Waals surface area contributed by atoms with Gasteiger partial charge in [0.1, 0.15) is 5.76 Å². The second kappa shape index (κ2) is 9.58. The van der Waals surface area contributed by atoms with Crippen LogP contribution in [0.4, 0.5) is 0 Å². The molecule has 1 aromatic rings. The summed E-state index contributed by atoms with van der Waals surface area (Å²) in [7, 11) is 0. The molecule has 3 N–H and O–H groups in total. The second-order valence-corrected chi connectivity index (χ2v) is 11.8. The van der Waals surface area contributed by atoms with E-state index in [4.69, 9.17) is 4.42 Å². The number of aliphatic hydroxyl groups excluding tert-OH is 1. The van der Waals surface area contributed by atoms with Crippen molar-refractivity contribution < 1.29 is 19.1 Å². The molecule has 3 rings (SSSR count). The molecule has 7 atom stereocenters. The molecule has 2 aliphatic rings. The molecule has 7 unspecified atom stereocenters. The number of hydrogen-bond acceptors (Lipinski definition) is 4. The third-order valence-electron chi connectivity index (χ3n) is 8.00. The Kier molecular flexibility index (Phi) is 7.43. The molecule has 180 valence electrons. The highest BCUT2D eigenvalue weighted by atomic mass is 16.3. The number of hydrogen-bond donors (Lipinski definition) is 3. The van der Waals surface area contributed by atoms with Gasteiger partial charge in [0.25, 0.3) is 0 Å². The van der Waals surface area contributed by atoms with E-state index >= 15 is 0 Å². The molecule has 0 saturated heterocycles. The lowest BCUT2D eigenvalue weighted by Gasteiger charge is -2.56. The van der Waals surface area contributed by atoms with Gasteiger partial charge in [0.2, 0.25) is 11.8 Å². The summed E-state index contributed by atoms with van der Waals surface area (Å²) < 4.78 is 5.30. The zero-order chi connectivity index (χ0) is 23.7. The van der Waals surface area contributed by atoms with Crippen molar-refractivity contribution in [2.24, 2.45) is 34.5 Å². The predicted octanol–water partition coefficient (Wildman–Crippen LogP) is 4.28. The molecule has 0 radical (unpaired) electrons. The molecule has 6 heteroatoms. The van der Waals surface area contributed by atoms with Crippen LogP contribution in [0.15, 0.2) is 22.8 Å². The number of nitrogens with one attached hydrogen (secondary N) is 2. The number of furan rings is 1. The maximum Gasteiger partial charge on any atom is 0.223 e. The molecular weight excluding hydrogens is 404 g/mol. The van der Waals surface area contributed by atoms with Gasteiger partial charge in [0.05, 0.1) is 18.9 Å². The molecule has 2 fully saturated rings. The summed E-state index contributed by atoms with van der Waals surface area (Å²) in [6.45, 7) is 12.9. The minimum Gasteiger partial charge on any atom is -0.467 e. The molecule has 6 nitrogen and oxygen atoms in total. The van der Waals surface area contributed by atoms with Crippen molar-refractivity contribution in [3.8, 4) is 0 Å². The summed E-state index contributed by atoms with van der Waals surface area (Å²) in [6, 6.07) is 3.71. The van der Waals surface area contributed by atoms with Crippen molar-refractivity contribution in [2.45, 2.75) is 92.3 Å². The Labute approximate surface area is 192 Å². The molecule has 2 aliphatic carbocycles. The van der Waals surface area contributed by atoms with E-state index in [1.807, 2.05) is 13.0 Å². The zero-order valence-electron chi connectivity index (χ0n) is 20.6. The van der Waals surface area contributed by atoms with E-state index in [2.05, 4.69) is 45.3 Å². The third kappa shape index (κ3) is 5.56. The number of rotatable bonds is 6. The van der Waals surface area contributed by atoms with Crippen molar-refractivity contribution in [2.75, 3.05) is 0 Å². The van der Waals surface area contributed by atoms with Crippen LogP contribution in [0.5, 0.6) is 0 Å². The van der Waals surface area contributed by atoms with Gasteiger partial charge >= 0.3 is 0 Å². The Morgan fingerprint density at radius 1 is 1.28 bits per heavy atom. The molecule has 0 aromatic carbocycles. The number of carbonyl (C=O) groups is 2. The van der Waals surface area contributed by atoms with E-state index in [1.54, 1.807) is 12.3 Å². The number of aliphatic hydroxyl groups is 1. The van der Waals surface area contributed by atoms with Gasteiger partial charge in [-0.15, -0.1) is 0 Å². The molecule has 32 heavy (non-hydrogen) atoms. The summed E-state index contributed by atoms with van der Waals surface area (Å²) in [5.74, 6) is 0.614. The van der Waals surface area contributed by atoms with Crippen LogP contribution in [0, 0.1) is 34.5 Å². The van der Waals surface area contributed by atoms with Crippen molar-refractivity contribution >= 4 is 11.8 Å². The van der Waals surface area contributed by atoms with E-state index < -0.39 is 6.10 Å². The fraction of sp³-hybridized carbons (Fsp3) is 0.769. The Bertz CT molecular complexity index is 784. The van der Waals surface area contributed by atoms with E-state index in [0.29, 0.717) is 13.0 Å². The minimum absolute atomic E-state index is 0.0466. The predicted molar refractivity (Wildman–Crippen MR) is 124 cm³/mol. The molecule has 0 aliphatic heterocycles. The largest absolute Gasteiger partial charge is 0.467 e. The van der Waals surface area contributed by atoms with Gasteiger partial charge in [-0.25, -0.2) is 0 Å². The number of carbonyl (C=O) groups excluding carboxylic acids is 2. The van der Waals surface area contributed by atoms with Crippen LogP contribution in [0.25, 0.3) is 0 Å². The number of fused-ring (bicyclic) bond motifs is 1. The summed E-state index contributed by atoms with van der Waals surface area (Å²) in [5, 5.41) is 17.7. The average Bonchev–Trinajstić information content (AvgIpc) is 3.20. The Balaban J connectivity index is 1.66. The van der Waals surface area contributed by atoms with Gasteiger partial charge in [0.15, 0.2) is 0 Å². The van der Waals surface area contributed by atoms with Crippen LogP contribution in [0.3, 0.4) is 0 Å². The Morgan fingerprint density at radius 3 is 2.59 bits per heavy atom. The van der Waals surface area contributed by atoms with Crippen molar-refractivity contribution in [1.29, 1.82) is 0 Å². The molecule has 1 aromatic heterocycles. The third-order valence-corrected chi connectivity index (χ3v) is 8.00. The van der Waals surface area contributed by atoms with Crippen LogP contribution in [-0.4, -0.2) is 29.1 Å². The second-order valence-electron chi connectivity index (χ2n) is 11.8. The summed E-state index contributed by atoms with van der Waals surface area (Å²) in [4.78, 5) is 25.4. The minimum atomic E-state index is -0.560. The standard InChI is InChI=1S/C26H42N2O4/c1-16(24(31)27-15-18-8-7-13-32-18)19-9-11-26(6)12-10-20(17(2)22(26)23(19)30)28-21(29)14-25(3,4)5/h7-8,13,16-17,19-20,22-23,30H,9-12,14-15H2,1-6H3,(H,27,31)(H,28,29). The van der Waals surface area contributed by atoms with Crippen LogP contribution in [-0.2, 0) is 16.1 Å². The first-order valence-electron chi connectivity index (χ1n) is 12.2. The van der Waals surface area contributed by atoms with Crippen LogP contribution in [0.2, 0.25) is 0 Å².